The van der Waals surface area contributed by atoms with Gasteiger partial charge < -0.3 is 15.5 Å². The highest BCUT2D eigenvalue weighted by Crippen LogP contribution is 2.23. The van der Waals surface area contributed by atoms with Crippen molar-refractivity contribution in [1.82, 2.24) is 9.80 Å². The van der Waals surface area contributed by atoms with E-state index in [9.17, 15) is 9.59 Å². The van der Waals surface area contributed by atoms with Crippen molar-refractivity contribution in [2.45, 2.75) is 45.1 Å². The lowest BCUT2D eigenvalue weighted by atomic mass is 9.94. The minimum atomic E-state index is -0.123. The van der Waals surface area contributed by atoms with Crippen molar-refractivity contribution in [2.24, 2.45) is 0 Å². The maximum Gasteiger partial charge on any atom is 0.321 e. The second kappa shape index (κ2) is 8.34. The topological polar surface area (TPSA) is 64.7 Å². The molecule has 6 heteroatoms. The summed E-state index contributed by atoms with van der Waals surface area (Å²) in [4.78, 5) is 28.1. The quantitative estimate of drug-likeness (QED) is 0.885. The Labute approximate surface area is 149 Å². The zero-order valence-corrected chi connectivity index (χ0v) is 15.0. The van der Waals surface area contributed by atoms with E-state index in [1.807, 2.05) is 17.0 Å². The molecule has 2 fully saturated rings. The molecule has 3 amide bonds. The number of nitrogens with one attached hydrogen (secondary N) is 2. The van der Waals surface area contributed by atoms with E-state index >= 15 is 0 Å². The van der Waals surface area contributed by atoms with Gasteiger partial charge in [-0.3, -0.25) is 9.69 Å². The van der Waals surface area contributed by atoms with Crippen LogP contribution in [0.1, 0.15) is 39.0 Å². The van der Waals surface area contributed by atoms with E-state index in [0.29, 0.717) is 17.4 Å². The number of urea groups is 1. The van der Waals surface area contributed by atoms with E-state index < -0.39 is 0 Å². The van der Waals surface area contributed by atoms with Gasteiger partial charge in [-0.2, -0.15) is 0 Å². The Morgan fingerprint density at radius 2 is 1.60 bits per heavy atom. The molecule has 6 nitrogen and oxygen atoms in total. The predicted octanol–water partition coefficient (Wildman–Crippen LogP) is 3.13. The molecular formula is C19H28N4O2. The minimum absolute atomic E-state index is 0.0664. The summed E-state index contributed by atoms with van der Waals surface area (Å²) >= 11 is 0. The van der Waals surface area contributed by atoms with Crippen LogP contribution in [0.2, 0.25) is 0 Å². The van der Waals surface area contributed by atoms with Gasteiger partial charge in [-0.1, -0.05) is 25.3 Å². The number of anilines is 2. The smallest absolute Gasteiger partial charge is 0.321 e. The van der Waals surface area contributed by atoms with E-state index in [0.717, 1.165) is 26.2 Å². The standard InChI is InChI=1S/C19H28N4O2/c1-15(24)20-16-6-5-7-17(14-16)21-19(25)23-12-10-22(11-13-23)18-8-3-2-4-9-18/h5-7,14,18H,2-4,8-13H2,1H3,(H,20,24)(H,21,25). The van der Waals surface area contributed by atoms with E-state index in [4.69, 9.17) is 0 Å². The van der Waals surface area contributed by atoms with Gasteiger partial charge in [0, 0.05) is 50.5 Å². The van der Waals surface area contributed by atoms with Crippen LogP contribution in [0.15, 0.2) is 24.3 Å². The van der Waals surface area contributed by atoms with Gasteiger partial charge in [0.05, 0.1) is 0 Å². The first-order valence-corrected chi connectivity index (χ1v) is 9.29. The molecule has 0 atom stereocenters. The van der Waals surface area contributed by atoms with Crippen LogP contribution in [0.5, 0.6) is 0 Å². The highest BCUT2D eigenvalue weighted by molar-refractivity contribution is 5.92. The molecule has 0 unspecified atom stereocenters. The fraction of sp³-hybridized carbons (Fsp3) is 0.579. The van der Waals surface area contributed by atoms with Gasteiger partial charge in [0.2, 0.25) is 5.91 Å². The van der Waals surface area contributed by atoms with Crippen molar-refractivity contribution >= 4 is 23.3 Å². The number of carbonyl (C=O) groups is 2. The zero-order chi connectivity index (χ0) is 17.6. The molecule has 1 aliphatic carbocycles. The summed E-state index contributed by atoms with van der Waals surface area (Å²) in [6, 6.07) is 7.89. The zero-order valence-electron chi connectivity index (χ0n) is 15.0. The van der Waals surface area contributed by atoms with Crippen molar-refractivity contribution in [3.05, 3.63) is 24.3 Å². The second-order valence-electron chi connectivity index (χ2n) is 7.01. The molecule has 1 saturated carbocycles. The average Bonchev–Trinajstić information content (AvgIpc) is 2.62. The number of piperazine rings is 1. The van der Waals surface area contributed by atoms with Crippen LogP contribution in [0, 0.1) is 0 Å². The largest absolute Gasteiger partial charge is 0.326 e. The van der Waals surface area contributed by atoms with E-state index in [-0.39, 0.29) is 11.9 Å². The van der Waals surface area contributed by atoms with Crippen LogP contribution in [0.4, 0.5) is 16.2 Å². The highest BCUT2D eigenvalue weighted by Gasteiger charge is 2.27. The molecular weight excluding hydrogens is 316 g/mol. The molecule has 1 aromatic rings. The van der Waals surface area contributed by atoms with E-state index in [1.165, 1.54) is 39.0 Å². The molecule has 0 spiro atoms. The monoisotopic (exact) mass is 344 g/mol. The lowest BCUT2D eigenvalue weighted by molar-refractivity contribution is -0.114. The van der Waals surface area contributed by atoms with Crippen LogP contribution < -0.4 is 10.6 Å². The molecule has 25 heavy (non-hydrogen) atoms. The molecule has 0 bridgehead atoms. The summed E-state index contributed by atoms with van der Waals surface area (Å²) in [5.41, 5.74) is 1.39. The predicted molar refractivity (Wildman–Crippen MR) is 99.8 cm³/mol. The first-order chi connectivity index (χ1) is 12.1. The van der Waals surface area contributed by atoms with E-state index in [2.05, 4.69) is 15.5 Å². The van der Waals surface area contributed by atoms with Gasteiger partial charge in [-0.25, -0.2) is 4.79 Å². The fourth-order valence-corrected chi connectivity index (χ4v) is 3.82. The Hall–Kier alpha value is -2.08. The van der Waals surface area contributed by atoms with Crippen molar-refractivity contribution in [3.8, 4) is 0 Å². The van der Waals surface area contributed by atoms with Crippen molar-refractivity contribution in [3.63, 3.8) is 0 Å². The molecule has 1 saturated heterocycles. The van der Waals surface area contributed by atoms with Gasteiger partial charge in [0.25, 0.3) is 0 Å². The number of hydrogen-bond donors (Lipinski definition) is 2. The molecule has 3 rings (SSSR count). The van der Waals surface area contributed by atoms with Crippen LogP contribution in [-0.4, -0.2) is 54.0 Å². The average molecular weight is 344 g/mol. The maximum absolute atomic E-state index is 12.5. The van der Waals surface area contributed by atoms with Gasteiger partial charge >= 0.3 is 6.03 Å². The molecule has 136 valence electrons. The van der Waals surface area contributed by atoms with Crippen molar-refractivity contribution in [1.29, 1.82) is 0 Å². The summed E-state index contributed by atoms with van der Waals surface area (Å²) in [5, 5.41) is 5.67. The second-order valence-corrected chi connectivity index (χ2v) is 7.01. The third-order valence-electron chi connectivity index (χ3n) is 5.13. The number of amides is 3. The Morgan fingerprint density at radius 3 is 2.24 bits per heavy atom. The molecule has 2 aliphatic rings. The Bertz CT molecular complexity index is 605. The highest BCUT2D eigenvalue weighted by atomic mass is 16.2. The van der Waals surface area contributed by atoms with Gasteiger partial charge in [0.15, 0.2) is 0 Å². The maximum atomic E-state index is 12.5. The Morgan fingerprint density at radius 1 is 0.960 bits per heavy atom. The molecule has 1 aromatic carbocycles. The first kappa shape index (κ1) is 17.7. The van der Waals surface area contributed by atoms with E-state index in [1.54, 1.807) is 12.1 Å². The fourth-order valence-electron chi connectivity index (χ4n) is 3.82. The molecule has 0 aromatic heterocycles. The van der Waals surface area contributed by atoms with Crippen molar-refractivity contribution in [2.75, 3.05) is 36.8 Å². The Balaban J connectivity index is 1.50. The first-order valence-electron chi connectivity index (χ1n) is 9.29. The minimum Gasteiger partial charge on any atom is -0.326 e. The lowest BCUT2D eigenvalue weighted by Gasteiger charge is -2.40. The third kappa shape index (κ3) is 4.95. The summed E-state index contributed by atoms with van der Waals surface area (Å²) in [7, 11) is 0. The molecule has 1 aliphatic heterocycles. The van der Waals surface area contributed by atoms with Crippen LogP contribution in [-0.2, 0) is 4.79 Å². The number of nitrogens with zero attached hydrogens (tertiary/aromatic N) is 2. The van der Waals surface area contributed by atoms with Gasteiger partial charge in [-0.05, 0) is 31.0 Å². The summed E-state index contributed by atoms with van der Waals surface area (Å²) in [5.74, 6) is -0.123. The summed E-state index contributed by atoms with van der Waals surface area (Å²) in [6.07, 6.45) is 6.67. The number of rotatable bonds is 3. The third-order valence-corrected chi connectivity index (χ3v) is 5.13. The van der Waals surface area contributed by atoms with Crippen LogP contribution in [0.3, 0.4) is 0 Å². The van der Waals surface area contributed by atoms with Gasteiger partial charge in [0.1, 0.15) is 0 Å². The lowest BCUT2D eigenvalue weighted by Crippen LogP contribution is -2.53. The summed E-state index contributed by atoms with van der Waals surface area (Å²) < 4.78 is 0. The van der Waals surface area contributed by atoms with Crippen LogP contribution in [0.25, 0.3) is 0 Å². The number of hydrogen-bond acceptors (Lipinski definition) is 3. The molecule has 2 N–H and O–H groups in total. The Kier molecular flexibility index (Phi) is 5.91. The molecule has 1 heterocycles. The number of benzene rings is 1. The van der Waals surface area contributed by atoms with Crippen LogP contribution >= 0.6 is 0 Å². The van der Waals surface area contributed by atoms with Crippen molar-refractivity contribution < 1.29 is 9.59 Å². The SMILES string of the molecule is CC(=O)Nc1cccc(NC(=O)N2CCN(C3CCCCC3)CC2)c1. The molecule has 0 radical (unpaired) electrons. The normalized spacial score (nSPS) is 19.5. The number of carbonyl (C=O) groups excluding carboxylic acids is 2. The summed E-state index contributed by atoms with van der Waals surface area (Å²) in [6.45, 7) is 4.94. The van der Waals surface area contributed by atoms with Gasteiger partial charge in [-0.15, -0.1) is 0 Å².